The van der Waals surface area contributed by atoms with Crippen LogP contribution in [0.2, 0.25) is 0 Å². The minimum absolute atomic E-state index is 0.220. The topological polar surface area (TPSA) is 67.9 Å². The second-order valence-electron chi connectivity index (χ2n) is 7.55. The van der Waals surface area contributed by atoms with Gasteiger partial charge in [-0.15, -0.1) is 0 Å². The Morgan fingerprint density at radius 3 is 2.38 bits per heavy atom. The van der Waals surface area contributed by atoms with Crippen LogP contribution >= 0.6 is 0 Å². The summed E-state index contributed by atoms with van der Waals surface area (Å²) in [6, 6.07) is 22.5. The van der Waals surface area contributed by atoms with Crippen LogP contribution in [0.25, 0.3) is 6.08 Å². The number of benzene rings is 3. The fourth-order valence-corrected chi connectivity index (χ4v) is 3.39. The van der Waals surface area contributed by atoms with Gasteiger partial charge in [0.15, 0.2) is 11.5 Å². The van der Waals surface area contributed by atoms with Gasteiger partial charge in [-0.3, -0.25) is 9.69 Å². The second kappa shape index (κ2) is 9.39. The van der Waals surface area contributed by atoms with E-state index in [2.05, 4.69) is 5.32 Å². The van der Waals surface area contributed by atoms with E-state index in [4.69, 9.17) is 9.47 Å². The van der Waals surface area contributed by atoms with Crippen LogP contribution in [-0.2, 0) is 17.9 Å². The zero-order valence-electron chi connectivity index (χ0n) is 18.0. The van der Waals surface area contributed by atoms with E-state index >= 15 is 0 Å². The molecule has 1 N–H and O–H groups in total. The Balaban J connectivity index is 1.48. The Morgan fingerprint density at radius 2 is 1.66 bits per heavy atom. The molecule has 162 valence electrons. The van der Waals surface area contributed by atoms with Gasteiger partial charge in [-0.05, 0) is 41.8 Å². The first-order valence-electron chi connectivity index (χ1n) is 10.3. The van der Waals surface area contributed by atoms with Crippen LogP contribution in [0.4, 0.5) is 4.79 Å². The summed E-state index contributed by atoms with van der Waals surface area (Å²) in [4.78, 5) is 26.3. The highest BCUT2D eigenvalue weighted by Gasteiger charge is 2.33. The van der Waals surface area contributed by atoms with Crippen molar-refractivity contribution in [1.29, 1.82) is 0 Å². The maximum atomic E-state index is 12.7. The standard InChI is InChI=1S/C26H24N2O4/c1-18-8-10-20(11-9-18)17-32-23-13-12-21(15-24(23)31-2)14-22-25(29)28(26(30)27-22)16-19-6-4-3-5-7-19/h3-15H,16-17H2,1-2H3,(H,27,30)/b22-14+. The molecule has 0 spiro atoms. The Kier molecular flexibility index (Phi) is 6.22. The van der Waals surface area contributed by atoms with E-state index in [1.807, 2.05) is 67.6 Å². The summed E-state index contributed by atoms with van der Waals surface area (Å²) in [5.41, 5.74) is 4.08. The van der Waals surface area contributed by atoms with Gasteiger partial charge >= 0.3 is 6.03 Å². The van der Waals surface area contributed by atoms with Crippen LogP contribution in [0.1, 0.15) is 22.3 Å². The highest BCUT2D eigenvalue weighted by atomic mass is 16.5. The van der Waals surface area contributed by atoms with E-state index in [1.54, 1.807) is 25.3 Å². The quantitative estimate of drug-likeness (QED) is 0.438. The first-order valence-corrected chi connectivity index (χ1v) is 10.3. The van der Waals surface area contributed by atoms with Gasteiger partial charge in [0, 0.05) is 0 Å². The maximum Gasteiger partial charge on any atom is 0.329 e. The molecule has 1 fully saturated rings. The zero-order chi connectivity index (χ0) is 22.5. The van der Waals surface area contributed by atoms with Gasteiger partial charge in [-0.1, -0.05) is 66.2 Å². The first-order chi connectivity index (χ1) is 15.5. The predicted molar refractivity (Wildman–Crippen MR) is 122 cm³/mol. The molecule has 3 aromatic rings. The van der Waals surface area contributed by atoms with Crippen molar-refractivity contribution in [2.45, 2.75) is 20.1 Å². The lowest BCUT2D eigenvalue weighted by Crippen LogP contribution is -2.30. The molecule has 0 atom stereocenters. The maximum absolute atomic E-state index is 12.7. The minimum Gasteiger partial charge on any atom is -0.493 e. The molecule has 1 aliphatic rings. The number of hydrogen-bond acceptors (Lipinski definition) is 4. The van der Waals surface area contributed by atoms with E-state index in [0.717, 1.165) is 16.7 Å². The number of rotatable bonds is 7. The number of imide groups is 1. The number of aryl methyl sites for hydroxylation is 1. The zero-order valence-corrected chi connectivity index (χ0v) is 18.0. The molecule has 0 aliphatic carbocycles. The third-order valence-corrected chi connectivity index (χ3v) is 5.16. The lowest BCUT2D eigenvalue weighted by atomic mass is 10.1. The van der Waals surface area contributed by atoms with Gasteiger partial charge in [-0.2, -0.15) is 0 Å². The van der Waals surface area contributed by atoms with Crippen molar-refractivity contribution in [1.82, 2.24) is 10.2 Å². The lowest BCUT2D eigenvalue weighted by molar-refractivity contribution is -0.123. The van der Waals surface area contributed by atoms with Crippen molar-refractivity contribution in [3.05, 3.63) is 101 Å². The number of hydrogen-bond donors (Lipinski definition) is 1. The highest BCUT2D eigenvalue weighted by molar-refractivity contribution is 6.13. The number of nitrogens with one attached hydrogen (secondary N) is 1. The molecule has 32 heavy (non-hydrogen) atoms. The van der Waals surface area contributed by atoms with Gasteiger partial charge in [0.25, 0.3) is 5.91 Å². The van der Waals surface area contributed by atoms with E-state index in [-0.39, 0.29) is 18.1 Å². The SMILES string of the molecule is COc1cc(/C=C2/NC(=O)N(Cc3ccccc3)C2=O)ccc1OCc1ccc(C)cc1. The average Bonchev–Trinajstić information content (AvgIpc) is 3.07. The summed E-state index contributed by atoms with van der Waals surface area (Å²) in [6.07, 6.45) is 1.64. The smallest absolute Gasteiger partial charge is 0.329 e. The average molecular weight is 428 g/mol. The number of urea groups is 1. The highest BCUT2D eigenvalue weighted by Crippen LogP contribution is 2.30. The van der Waals surface area contributed by atoms with Gasteiger partial charge < -0.3 is 14.8 Å². The van der Waals surface area contributed by atoms with Crippen LogP contribution < -0.4 is 14.8 Å². The summed E-state index contributed by atoms with van der Waals surface area (Å²) in [7, 11) is 1.56. The molecule has 0 aromatic heterocycles. The lowest BCUT2D eigenvalue weighted by Gasteiger charge is -2.12. The molecular formula is C26H24N2O4. The van der Waals surface area contributed by atoms with Crippen molar-refractivity contribution in [3.63, 3.8) is 0 Å². The van der Waals surface area contributed by atoms with Crippen molar-refractivity contribution in [2.75, 3.05) is 7.11 Å². The molecule has 4 rings (SSSR count). The Labute approximate surface area is 187 Å². The van der Waals surface area contributed by atoms with Gasteiger partial charge in [-0.25, -0.2) is 4.79 Å². The number of amides is 3. The van der Waals surface area contributed by atoms with Crippen LogP contribution in [0.3, 0.4) is 0 Å². The third kappa shape index (κ3) is 4.81. The fourth-order valence-electron chi connectivity index (χ4n) is 3.39. The molecule has 6 heteroatoms. The van der Waals surface area contributed by atoms with Gasteiger partial charge in [0.05, 0.1) is 13.7 Å². The van der Waals surface area contributed by atoms with Crippen LogP contribution in [0.15, 0.2) is 78.5 Å². The normalized spacial score (nSPS) is 14.6. The number of nitrogens with zero attached hydrogens (tertiary/aromatic N) is 1. The molecule has 3 aromatic carbocycles. The molecule has 1 saturated heterocycles. The summed E-state index contributed by atoms with van der Waals surface area (Å²) < 4.78 is 11.4. The van der Waals surface area contributed by atoms with Crippen molar-refractivity contribution in [2.24, 2.45) is 0 Å². The van der Waals surface area contributed by atoms with E-state index < -0.39 is 6.03 Å². The van der Waals surface area contributed by atoms with Gasteiger partial charge in [0.1, 0.15) is 12.3 Å². The Bertz CT molecular complexity index is 1150. The molecule has 6 nitrogen and oxygen atoms in total. The largest absolute Gasteiger partial charge is 0.493 e. The first kappa shape index (κ1) is 21.2. The molecule has 3 amide bonds. The predicted octanol–water partition coefficient (Wildman–Crippen LogP) is 4.68. The molecule has 1 heterocycles. The van der Waals surface area contributed by atoms with Crippen LogP contribution in [-0.4, -0.2) is 23.9 Å². The third-order valence-electron chi connectivity index (χ3n) is 5.16. The van der Waals surface area contributed by atoms with Crippen molar-refractivity contribution >= 4 is 18.0 Å². The minimum atomic E-state index is -0.435. The molecule has 0 radical (unpaired) electrons. The molecular weight excluding hydrogens is 404 g/mol. The Hall–Kier alpha value is -4.06. The fraction of sp³-hybridized carbons (Fsp3) is 0.154. The monoisotopic (exact) mass is 428 g/mol. The second-order valence-corrected chi connectivity index (χ2v) is 7.55. The van der Waals surface area contributed by atoms with Crippen molar-refractivity contribution in [3.8, 4) is 11.5 Å². The number of ether oxygens (including phenoxy) is 2. The summed E-state index contributed by atoms with van der Waals surface area (Å²) >= 11 is 0. The summed E-state index contributed by atoms with van der Waals surface area (Å²) in [5.74, 6) is 0.782. The van der Waals surface area contributed by atoms with E-state index in [0.29, 0.717) is 18.1 Å². The summed E-state index contributed by atoms with van der Waals surface area (Å²) in [5, 5.41) is 2.65. The molecule has 1 aliphatic heterocycles. The molecule has 0 unspecified atom stereocenters. The summed E-state index contributed by atoms with van der Waals surface area (Å²) in [6.45, 7) is 2.68. The molecule has 0 bridgehead atoms. The van der Waals surface area contributed by atoms with Gasteiger partial charge in [0.2, 0.25) is 0 Å². The van der Waals surface area contributed by atoms with Crippen LogP contribution in [0.5, 0.6) is 11.5 Å². The van der Waals surface area contributed by atoms with Crippen molar-refractivity contribution < 1.29 is 19.1 Å². The van der Waals surface area contributed by atoms with Crippen LogP contribution in [0, 0.1) is 6.92 Å². The number of carbonyl (C=O) groups is 2. The number of methoxy groups -OCH3 is 1. The Morgan fingerprint density at radius 1 is 0.906 bits per heavy atom. The number of carbonyl (C=O) groups excluding carboxylic acids is 2. The molecule has 0 saturated carbocycles. The van der Waals surface area contributed by atoms with E-state index in [9.17, 15) is 9.59 Å². The van der Waals surface area contributed by atoms with E-state index in [1.165, 1.54) is 10.5 Å².